The van der Waals surface area contributed by atoms with E-state index in [1.807, 2.05) is 51.1 Å². The van der Waals surface area contributed by atoms with Gasteiger partial charge >= 0.3 is 5.97 Å². The molecule has 0 amide bonds. The molecule has 0 atom stereocenters. The van der Waals surface area contributed by atoms with Crippen molar-refractivity contribution in [1.82, 2.24) is 0 Å². The number of nitrogens with zero attached hydrogens (tertiary/aromatic N) is 1. The van der Waals surface area contributed by atoms with Gasteiger partial charge in [-0.25, -0.2) is 4.79 Å². The molecule has 0 N–H and O–H groups in total. The first-order chi connectivity index (χ1) is 11.0. The maximum atomic E-state index is 11.5. The van der Waals surface area contributed by atoms with E-state index in [0.717, 1.165) is 28.0 Å². The molecule has 120 valence electrons. The zero-order valence-corrected chi connectivity index (χ0v) is 13.9. The summed E-state index contributed by atoms with van der Waals surface area (Å²) in [6.45, 7) is 6.24. The number of carbonyl (C=O) groups is 1. The summed E-state index contributed by atoms with van der Waals surface area (Å²) < 4.78 is 4.73. The maximum Gasteiger partial charge on any atom is 0.337 e. The van der Waals surface area contributed by atoms with Crippen molar-refractivity contribution in [3.05, 3.63) is 59.2 Å². The van der Waals surface area contributed by atoms with E-state index in [2.05, 4.69) is 5.16 Å². The van der Waals surface area contributed by atoms with Gasteiger partial charge in [0.2, 0.25) is 0 Å². The highest BCUT2D eigenvalue weighted by atomic mass is 16.6. The highest BCUT2D eigenvalue weighted by molar-refractivity contribution is 5.90. The van der Waals surface area contributed by atoms with Crippen LogP contribution in [0.4, 0.5) is 0 Å². The van der Waals surface area contributed by atoms with Crippen LogP contribution in [0.1, 0.15) is 35.3 Å². The lowest BCUT2D eigenvalue weighted by molar-refractivity contribution is 0.0601. The quantitative estimate of drug-likeness (QED) is 0.468. The predicted molar refractivity (Wildman–Crippen MR) is 91.5 cm³/mol. The Morgan fingerprint density at radius 3 is 2.39 bits per heavy atom. The Kier molecular flexibility index (Phi) is 5.52. The van der Waals surface area contributed by atoms with E-state index < -0.39 is 0 Å². The monoisotopic (exact) mass is 311 g/mol. The van der Waals surface area contributed by atoms with Crippen LogP contribution in [-0.4, -0.2) is 18.8 Å². The molecule has 0 bridgehead atoms. The molecule has 0 unspecified atom stereocenters. The van der Waals surface area contributed by atoms with Gasteiger partial charge in [0.05, 0.1) is 18.4 Å². The Morgan fingerprint density at radius 2 is 1.78 bits per heavy atom. The zero-order valence-electron chi connectivity index (χ0n) is 13.9. The van der Waals surface area contributed by atoms with Crippen LogP contribution in [-0.2, 0) is 16.2 Å². The van der Waals surface area contributed by atoms with Crippen molar-refractivity contribution in [1.29, 1.82) is 0 Å². The fraction of sp³-hybridized carbons (Fsp3) is 0.263. The molecule has 0 radical (unpaired) electrons. The van der Waals surface area contributed by atoms with E-state index in [1.54, 1.807) is 12.1 Å². The summed E-state index contributed by atoms with van der Waals surface area (Å²) in [6, 6.07) is 13.5. The van der Waals surface area contributed by atoms with Crippen LogP contribution in [0.2, 0.25) is 0 Å². The largest absolute Gasteiger partial charge is 0.465 e. The third kappa shape index (κ3) is 4.19. The van der Waals surface area contributed by atoms with Crippen molar-refractivity contribution in [2.45, 2.75) is 27.4 Å². The summed E-state index contributed by atoms with van der Waals surface area (Å²) in [7, 11) is 1.38. The summed E-state index contributed by atoms with van der Waals surface area (Å²) in [5.41, 5.74) is 5.74. The van der Waals surface area contributed by atoms with E-state index in [-0.39, 0.29) is 5.97 Å². The number of ether oxygens (including phenoxy) is 1. The number of hydrogen-bond acceptors (Lipinski definition) is 4. The lowest BCUT2D eigenvalue weighted by Gasteiger charge is -2.12. The Labute approximate surface area is 136 Å². The van der Waals surface area contributed by atoms with Gasteiger partial charge in [-0.3, -0.25) is 0 Å². The second-order valence-corrected chi connectivity index (χ2v) is 5.48. The minimum Gasteiger partial charge on any atom is -0.465 e. The van der Waals surface area contributed by atoms with Gasteiger partial charge in [0.25, 0.3) is 0 Å². The first-order valence-corrected chi connectivity index (χ1v) is 7.43. The molecule has 0 aromatic heterocycles. The van der Waals surface area contributed by atoms with Crippen LogP contribution in [0.25, 0.3) is 11.1 Å². The molecule has 2 rings (SSSR count). The minimum absolute atomic E-state index is 0.336. The van der Waals surface area contributed by atoms with Crippen molar-refractivity contribution in [3.8, 4) is 11.1 Å². The normalized spacial score (nSPS) is 10.1. The third-order valence-electron chi connectivity index (χ3n) is 3.48. The second-order valence-electron chi connectivity index (χ2n) is 5.48. The molecule has 0 saturated carbocycles. The molecule has 2 aromatic rings. The SMILES string of the molecule is COC(=O)c1ccc(-c2cccc(C)c2CON=C(C)C)cc1. The van der Waals surface area contributed by atoms with Crippen LogP contribution < -0.4 is 0 Å². The molecular formula is C19H21NO3. The average molecular weight is 311 g/mol. The molecule has 2 aromatic carbocycles. The van der Waals surface area contributed by atoms with Gasteiger partial charge < -0.3 is 9.57 Å². The molecule has 0 spiro atoms. The van der Waals surface area contributed by atoms with Gasteiger partial charge in [-0.1, -0.05) is 35.5 Å². The van der Waals surface area contributed by atoms with Gasteiger partial charge in [-0.15, -0.1) is 0 Å². The standard InChI is InChI=1S/C19H21NO3/c1-13(2)20-23-12-18-14(3)6-5-7-17(18)15-8-10-16(11-9-15)19(21)22-4/h5-11H,12H2,1-4H3. The predicted octanol–water partition coefficient (Wildman–Crippen LogP) is 4.36. The fourth-order valence-corrected chi connectivity index (χ4v) is 2.29. The zero-order chi connectivity index (χ0) is 16.8. The highest BCUT2D eigenvalue weighted by Gasteiger charge is 2.10. The fourth-order valence-electron chi connectivity index (χ4n) is 2.29. The maximum absolute atomic E-state index is 11.5. The number of hydrogen-bond donors (Lipinski definition) is 0. The Balaban J connectivity index is 2.33. The van der Waals surface area contributed by atoms with Crippen molar-refractivity contribution >= 4 is 11.7 Å². The van der Waals surface area contributed by atoms with E-state index in [4.69, 9.17) is 9.57 Å². The molecule has 0 saturated heterocycles. The molecule has 23 heavy (non-hydrogen) atoms. The van der Waals surface area contributed by atoms with Gasteiger partial charge in [-0.2, -0.15) is 0 Å². The van der Waals surface area contributed by atoms with E-state index in [9.17, 15) is 4.79 Å². The van der Waals surface area contributed by atoms with E-state index in [0.29, 0.717) is 12.2 Å². The van der Waals surface area contributed by atoms with Crippen LogP contribution >= 0.6 is 0 Å². The van der Waals surface area contributed by atoms with Crippen LogP contribution in [0.5, 0.6) is 0 Å². The molecule has 4 nitrogen and oxygen atoms in total. The van der Waals surface area contributed by atoms with Crippen molar-refractivity contribution < 1.29 is 14.4 Å². The van der Waals surface area contributed by atoms with Gasteiger partial charge in [0.15, 0.2) is 0 Å². The van der Waals surface area contributed by atoms with Crippen LogP contribution in [0.3, 0.4) is 0 Å². The molecule has 0 aliphatic heterocycles. The summed E-state index contributed by atoms with van der Waals surface area (Å²) >= 11 is 0. The molecule has 4 heteroatoms. The molecule has 0 heterocycles. The van der Waals surface area contributed by atoms with Crippen LogP contribution in [0, 0.1) is 6.92 Å². The number of carbonyl (C=O) groups excluding carboxylic acids is 1. The summed E-state index contributed by atoms with van der Waals surface area (Å²) in [5, 5.41) is 4.00. The molecule has 0 aliphatic rings. The number of aryl methyl sites for hydroxylation is 1. The Hall–Kier alpha value is -2.62. The Bertz CT molecular complexity index is 714. The number of methoxy groups -OCH3 is 1. The van der Waals surface area contributed by atoms with Gasteiger partial charge in [0, 0.05) is 5.56 Å². The summed E-state index contributed by atoms with van der Waals surface area (Å²) in [5.74, 6) is -0.336. The second kappa shape index (κ2) is 7.58. The lowest BCUT2D eigenvalue weighted by Crippen LogP contribution is -2.01. The first kappa shape index (κ1) is 16.7. The third-order valence-corrected chi connectivity index (χ3v) is 3.48. The summed E-state index contributed by atoms with van der Waals surface area (Å²) in [4.78, 5) is 16.9. The molecular weight excluding hydrogens is 290 g/mol. The smallest absolute Gasteiger partial charge is 0.337 e. The number of esters is 1. The minimum atomic E-state index is -0.336. The number of rotatable bonds is 5. The highest BCUT2D eigenvalue weighted by Crippen LogP contribution is 2.27. The molecule has 0 fully saturated rings. The van der Waals surface area contributed by atoms with Gasteiger partial charge in [0.1, 0.15) is 6.61 Å². The number of oxime groups is 1. The average Bonchev–Trinajstić information content (AvgIpc) is 2.55. The summed E-state index contributed by atoms with van der Waals surface area (Å²) in [6.07, 6.45) is 0. The number of benzene rings is 2. The topological polar surface area (TPSA) is 47.9 Å². The van der Waals surface area contributed by atoms with E-state index >= 15 is 0 Å². The first-order valence-electron chi connectivity index (χ1n) is 7.43. The van der Waals surface area contributed by atoms with Gasteiger partial charge in [-0.05, 0) is 49.6 Å². The van der Waals surface area contributed by atoms with Crippen LogP contribution in [0.15, 0.2) is 47.6 Å². The van der Waals surface area contributed by atoms with Crippen molar-refractivity contribution in [2.24, 2.45) is 5.16 Å². The molecule has 0 aliphatic carbocycles. The van der Waals surface area contributed by atoms with Crippen molar-refractivity contribution in [2.75, 3.05) is 7.11 Å². The lowest BCUT2D eigenvalue weighted by atomic mass is 9.96. The Morgan fingerprint density at radius 1 is 1.09 bits per heavy atom. The van der Waals surface area contributed by atoms with E-state index in [1.165, 1.54) is 7.11 Å². The van der Waals surface area contributed by atoms with Crippen molar-refractivity contribution in [3.63, 3.8) is 0 Å².